The van der Waals surface area contributed by atoms with E-state index in [0.29, 0.717) is 19.6 Å². The Hall–Kier alpha value is -2.20. The quantitative estimate of drug-likeness (QED) is 0.801. The summed E-state index contributed by atoms with van der Waals surface area (Å²) < 4.78 is 0. The molecule has 0 unspecified atom stereocenters. The third-order valence-electron chi connectivity index (χ3n) is 2.92. The smallest absolute Gasteiger partial charge is 0.233 e. The summed E-state index contributed by atoms with van der Waals surface area (Å²) in [6.07, 6.45) is 4.38. The van der Waals surface area contributed by atoms with Crippen LogP contribution in [0.5, 0.6) is 0 Å². The van der Waals surface area contributed by atoms with E-state index in [2.05, 4.69) is 27.8 Å². The fourth-order valence-electron chi connectivity index (χ4n) is 1.88. The van der Waals surface area contributed by atoms with Crippen molar-refractivity contribution in [1.29, 1.82) is 0 Å². The zero-order chi connectivity index (χ0) is 14.0. The average molecular weight is 269 g/mol. The van der Waals surface area contributed by atoms with Crippen molar-refractivity contribution < 1.29 is 4.79 Å². The Labute approximate surface area is 119 Å². The van der Waals surface area contributed by atoms with E-state index in [1.54, 1.807) is 12.4 Å². The number of aromatic nitrogens is 1. The van der Waals surface area contributed by atoms with Crippen molar-refractivity contribution in [1.82, 2.24) is 15.6 Å². The lowest BCUT2D eigenvalue weighted by Gasteiger charge is -2.06. The van der Waals surface area contributed by atoms with Crippen molar-refractivity contribution >= 4 is 5.91 Å². The molecule has 1 aromatic heterocycles. The van der Waals surface area contributed by atoms with Crippen molar-refractivity contribution in [2.75, 3.05) is 13.1 Å². The van der Waals surface area contributed by atoms with E-state index >= 15 is 0 Å². The van der Waals surface area contributed by atoms with Gasteiger partial charge in [0.05, 0.1) is 6.54 Å². The van der Waals surface area contributed by atoms with Gasteiger partial charge in [0.25, 0.3) is 0 Å². The third kappa shape index (κ3) is 5.20. The first-order valence-corrected chi connectivity index (χ1v) is 6.75. The molecule has 1 heterocycles. The normalized spacial score (nSPS) is 10.2. The zero-order valence-corrected chi connectivity index (χ0v) is 11.4. The molecule has 0 aliphatic carbocycles. The molecule has 2 N–H and O–H groups in total. The van der Waals surface area contributed by atoms with Crippen molar-refractivity contribution in [3.8, 4) is 0 Å². The molecule has 20 heavy (non-hydrogen) atoms. The summed E-state index contributed by atoms with van der Waals surface area (Å²) in [6, 6.07) is 14.0. The molecule has 2 aromatic rings. The van der Waals surface area contributed by atoms with E-state index < -0.39 is 0 Å². The Morgan fingerprint density at radius 1 is 1.05 bits per heavy atom. The SMILES string of the molecule is O=C(CNCc1cccnc1)NCCc1ccccc1. The number of amides is 1. The minimum Gasteiger partial charge on any atom is -0.355 e. The lowest BCUT2D eigenvalue weighted by atomic mass is 10.1. The number of rotatable bonds is 7. The molecule has 4 nitrogen and oxygen atoms in total. The Kier molecular flexibility index (Phi) is 5.73. The molecule has 0 saturated carbocycles. The van der Waals surface area contributed by atoms with Gasteiger partial charge in [-0.2, -0.15) is 0 Å². The molecule has 0 spiro atoms. The van der Waals surface area contributed by atoms with Gasteiger partial charge in [0.15, 0.2) is 0 Å². The van der Waals surface area contributed by atoms with Crippen molar-refractivity contribution in [3.63, 3.8) is 0 Å². The van der Waals surface area contributed by atoms with Gasteiger partial charge in [0, 0.05) is 25.5 Å². The second-order valence-corrected chi connectivity index (χ2v) is 4.55. The highest BCUT2D eigenvalue weighted by atomic mass is 16.1. The van der Waals surface area contributed by atoms with Crippen LogP contribution in [0.4, 0.5) is 0 Å². The molecular formula is C16H19N3O. The van der Waals surface area contributed by atoms with Crippen LogP contribution >= 0.6 is 0 Å². The first-order chi connectivity index (χ1) is 9.84. The van der Waals surface area contributed by atoms with Crippen LogP contribution in [0.25, 0.3) is 0 Å². The minimum absolute atomic E-state index is 0.0184. The monoisotopic (exact) mass is 269 g/mol. The third-order valence-corrected chi connectivity index (χ3v) is 2.92. The largest absolute Gasteiger partial charge is 0.355 e. The first-order valence-electron chi connectivity index (χ1n) is 6.75. The van der Waals surface area contributed by atoms with E-state index in [9.17, 15) is 4.79 Å². The van der Waals surface area contributed by atoms with Crippen LogP contribution in [-0.2, 0) is 17.8 Å². The summed E-state index contributed by atoms with van der Waals surface area (Å²) in [7, 11) is 0. The maximum Gasteiger partial charge on any atom is 0.233 e. The second kappa shape index (κ2) is 8.07. The van der Waals surface area contributed by atoms with Gasteiger partial charge in [-0.15, -0.1) is 0 Å². The number of benzene rings is 1. The van der Waals surface area contributed by atoms with Crippen molar-refractivity contribution in [2.24, 2.45) is 0 Å². The van der Waals surface area contributed by atoms with E-state index in [-0.39, 0.29) is 5.91 Å². The maximum absolute atomic E-state index is 11.6. The van der Waals surface area contributed by atoms with E-state index in [1.807, 2.05) is 30.3 Å². The molecule has 2 rings (SSSR count). The molecule has 1 aromatic carbocycles. The highest BCUT2D eigenvalue weighted by molar-refractivity contribution is 5.77. The average Bonchev–Trinajstić information content (AvgIpc) is 2.49. The molecule has 4 heteroatoms. The second-order valence-electron chi connectivity index (χ2n) is 4.55. The van der Waals surface area contributed by atoms with Gasteiger partial charge in [-0.05, 0) is 23.6 Å². The van der Waals surface area contributed by atoms with Crippen molar-refractivity contribution in [3.05, 3.63) is 66.0 Å². The number of nitrogens with one attached hydrogen (secondary N) is 2. The number of nitrogens with zero attached hydrogens (tertiary/aromatic N) is 1. The fraction of sp³-hybridized carbons (Fsp3) is 0.250. The highest BCUT2D eigenvalue weighted by Crippen LogP contribution is 1.98. The Morgan fingerprint density at radius 3 is 2.60 bits per heavy atom. The van der Waals surface area contributed by atoms with Crippen LogP contribution in [0.1, 0.15) is 11.1 Å². The standard InChI is InChI=1S/C16H19N3O/c20-16(13-18-12-15-7-4-9-17-11-15)19-10-8-14-5-2-1-3-6-14/h1-7,9,11,18H,8,10,12-13H2,(H,19,20). The molecule has 0 aliphatic rings. The molecule has 0 atom stereocenters. The Balaban J connectivity index is 1.59. The number of hydrogen-bond acceptors (Lipinski definition) is 3. The van der Waals surface area contributed by atoms with Gasteiger partial charge in [0.1, 0.15) is 0 Å². The summed E-state index contributed by atoms with van der Waals surface area (Å²) in [6.45, 7) is 1.64. The summed E-state index contributed by atoms with van der Waals surface area (Å²) >= 11 is 0. The lowest BCUT2D eigenvalue weighted by Crippen LogP contribution is -2.34. The molecule has 1 amide bonds. The molecule has 0 fully saturated rings. The predicted octanol–water partition coefficient (Wildman–Crippen LogP) is 1.53. The minimum atomic E-state index is 0.0184. The molecular weight excluding hydrogens is 250 g/mol. The van der Waals surface area contributed by atoms with E-state index in [0.717, 1.165) is 12.0 Å². The molecule has 0 radical (unpaired) electrons. The van der Waals surface area contributed by atoms with Crippen LogP contribution in [-0.4, -0.2) is 24.0 Å². The Morgan fingerprint density at radius 2 is 1.85 bits per heavy atom. The van der Waals surface area contributed by atoms with Gasteiger partial charge in [-0.25, -0.2) is 0 Å². The number of hydrogen-bond donors (Lipinski definition) is 2. The topological polar surface area (TPSA) is 54.0 Å². The first kappa shape index (κ1) is 14.2. The van der Waals surface area contributed by atoms with Gasteiger partial charge < -0.3 is 10.6 Å². The summed E-state index contributed by atoms with van der Waals surface area (Å²) in [4.78, 5) is 15.7. The van der Waals surface area contributed by atoms with Gasteiger partial charge in [-0.3, -0.25) is 9.78 Å². The van der Waals surface area contributed by atoms with Crippen LogP contribution in [0, 0.1) is 0 Å². The van der Waals surface area contributed by atoms with Crippen LogP contribution in [0.3, 0.4) is 0 Å². The summed E-state index contributed by atoms with van der Waals surface area (Å²) in [5.74, 6) is 0.0184. The highest BCUT2D eigenvalue weighted by Gasteiger charge is 2.00. The molecule has 0 saturated heterocycles. The number of pyridine rings is 1. The predicted molar refractivity (Wildman–Crippen MR) is 79.1 cm³/mol. The number of carbonyl (C=O) groups excluding carboxylic acids is 1. The van der Waals surface area contributed by atoms with Gasteiger partial charge >= 0.3 is 0 Å². The van der Waals surface area contributed by atoms with Crippen LogP contribution < -0.4 is 10.6 Å². The van der Waals surface area contributed by atoms with E-state index in [4.69, 9.17) is 0 Å². The fourth-order valence-corrected chi connectivity index (χ4v) is 1.88. The molecule has 0 bridgehead atoms. The lowest BCUT2D eigenvalue weighted by molar-refractivity contribution is -0.120. The zero-order valence-electron chi connectivity index (χ0n) is 11.4. The maximum atomic E-state index is 11.6. The molecule has 104 valence electrons. The van der Waals surface area contributed by atoms with Gasteiger partial charge in [0.2, 0.25) is 5.91 Å². The van der Waals surface area contributed by atoms with Gasteiger partial charge in [-0.1, -0.05) is 36.4 Å². The van der Waals surface area contributed by atoms with E-state index in [1.165, 1.54) is 5.56 Å². The van der Waals surface area contributed by atoms with Crippen LogP contribution in [0.15, 0.2) is 54.9 Å². The Bertz CT molecular complexity index is 466. The van der Waals surface area contributed by atoms with Crippen molar-refractivity contribution in [2.45, 2.75) is 13.0 Å². The van der Waals surface area contributed by atoms with Crippen LogP contribution in [0.2, 0.25) is 0 Å². The summed E-state index contributed by atoms with van der Waals surface area (Å²) in [5.41, 5.74) is 2.31. The molecule has 0 aliphatic heterocycles. The summed E-state index contributed by atoms with van der Waals surface area (Å²) in [5, 5.41) is 6.00. The number of carbonyl (C=O) groups is 1.